The minimum absolute atomic E-state index is 0.0711. The fraction of sp³-hybridized carbons (Fsp3) is 0.0714. The summed E-state index contributed by atoms with van der Waals surface area (Å²) >= 11 is 1.95. The third kappa shape index (κ3) is 4.60. The molecule has 0 spiro atoms. The van der Waals surface area contributed by atoms with E-state index in [1.165, 1.54) is 17.0 Å². The van der Waals surface area contributed by atoms with Crippen LogP contribution in [-0.2, 0) is 10.0 Å². The molecule has 0 bridgehead atoms. The van der Waals surface area contributed by atoms with Crippen molar-refractivity contribution >= 4 is 50.3 Å². The predicted molar refractivity (Wildman–Crippen MR) is 149 cm³/mol. The van der Waals surface area contributed by atoms with E-state index < -0.39 is 28.1 Å². The van der Waals surface area contributed by atoms with Crippen molar-refractivity contribution in [2.75, 3.05) is 11.4 Å². The maximum absolute atomic E-state index is 13.7. The molecule has 5 rings (SSSR count). The van der Waals surface area contributed by atoms with Crippen LogP contribution < -0.4 is 4.90 Å². The maximum Gasteiger partial charge on any atom is 0.339 e. The minimum atomic E-state index is -4.12. The lowest BCUT2D eigenvalue weighted by Crippen LogP contribution is -2.36. The maximum atomic E-state index is 13.7. The van der Waals surface area contributed by atoms with E-state index in [2.05, 4.69) is 0 Å². The van der Waals surface area contributed by atoms with Crippen molar-refractivity contribution in [3.63, 3.8) is 0 Å². The molecule has 7 nitrogen and oxygen atoms in total. The second-order valence-corrected chi connectivity index (χ2v) is 11.4. The highest BCUT2D eigenvalue weighted by molar-refractivity contribution is 14.1. The summed E-state index contributed by atoms with van der Waals surface area (Å²) in [7, 11) is -4.12. The number of carbonyl (C=O) groups is 2. The monoisotopic (exact) mass is 624 g/mol. The Kier molecular flexibility index (Phi) is 6.74. The molecule has 4 aromatic rings. The number of nitrogens with zero attached hydrogens (tertiary/aromatic N) is 2. The van der Waals surface area contributed by atoms with Crippen molar-refractivity contribution in [2.24, 2.45) is 0 Å². The van der Waals surface area contributed by atoms with Crippen molar-refractivity contribution in [1.29, 1.82) is 0 Å². The highest BCUT2D eigenvalue weighted by atomic mass is 127. The number of aromatic carboxylic acids is 1. The molecule has 1 aliphatic heterocycles. The minimum Gasteiger partial charge on any atom is -0.478 e. The zero-order valence-corrected chi connectivity index (χ0v) is 22.3. The van der Waals surface area contributed by atoms with Crippen LogP contribution in [-0.4, -0.2) is 36.4 Å². The molecule has 1 unspecified atom stereocenters. The van der Waals surface area contributed by atoms with Crippen LogP contribution in [0.4, 0.5) is 10.5 Å². The third-order valence-electron chi connectivity index (χ3n) is 6.25. The first-order chi connectivity index (χ1) is 17.8. The van der Waals surface area contributed by atoms with Crippen molar-refractivity contribution in [2.45, 2.75) is 10.9 Å². The summed E-state index contributed by atoms with van der Waals surface area (Å²) in [4.78, 5) is 27.1. The Morgan fingerprint density at radius 3 is 2.27 bits per heavy atom. The SMILES string of the molecule is O=C(O)c1ccccc1-c1cccc(C2CN(S(=O)(=O)c3ccccc3I)C(=O)N2c2ccccc2)c1. The van der Waals surface area contributed by atoms with Crippen molar-refractivity contribution in [1.82, 2.24) is 4.31 Å². The van der Waals surface area contributed by atoms with Gasteiger partial charge in [-0.05, 0) is 75.7 Å². The van der Waals surface area contributed by atoms with Gasteiger partial charge in [0.1, 0.15) is 4.90 Å². The molecule has 0 aromatic heterocycles. The first-order valence-electron chi connectivity index (χ1n) is 11.4. The predicted octanol–water partition coefficient (Wildman–Crippen LogP) is 6.03. The average molecular weight is 624 g/mol. The van der Waals surface area contributed by atoms with E-state index in [4.69, 9.17) is 0 Å². The van der Waals surface area contributed by atoms with Crippen LogP contribution in [0.1, 0.15) is 22.0 Å². The Balaban J connectivity index is 1.62. The zero-order chi connectivity index (χ0) is 26.2. The van der Waals surface area contributed by atoms with Crippen molar-refractivity contribution < 1.29 is 23.1 Å². The summed E-state index contributed by atoms with van der Waals surface area (Å²) in [6.45, 7) is -0.0922. The number of amides is 2. The van der Waals surface area contributed by atoms with Gasteiger partial charge in [0.25, 0.3) is 10.0 Å². The number of hydrogen-bond acceptors (Lipinski definition) is 4. The van der Waals surface area contributed by atoms with Gasteiger partial charge in [-0.25, -0.2) is 22.3 Å². The number of anilines is 1. The van der Waals surface area contributed by atoms with Gasteiger partial charge in [-0.2, -0.15) is 0 Å². The molecular weight excluding hydrogens is 603 g/mol. The molecule has 37 heavy (non-hydrogen) atoms. The molecule has 2 amide bonds. The highest BCUT2D eigenvalue weighted by Crippen LogP contribution is 2.39. The molecule has 4 aromatic carbocycles. The average Bonchev–Trinajstić information content (AvgIpc) is 3.27. The Morgan fingerprint density at radius 2 is 1.54 bits per heavy atom. The van der Waals surface area contributed by atoms with Gasteiger partial charge in [0.2, 0.25) is 0 Å². The number of halogens is 1. The summed E-state index contributed by atoms with van der Waals surface area (Å²) in [6.07, 6.45) is 0. The fourth-order valence-corrected chi connectivity index (χ4v) is 7.17. The molecule has 1 heterocycles. The van der Waals surface area contributed by atoms with Gasteiger partial charge in [-0.1, -0.05) is 66.7 Å². The Labute approximate surface area is 228 Å². The number of para-hydroxylation sites is 1. The second kappa shape index (κ2) is 9.98. The molecule has 0 saturated carbocycles. The number of carboxylic acid groups (broad SMARTS) is 1. The molecule has 1 atom stereocenters. The van der Waals surface area contributed by atoms with Gasteiger partial charge in [0, 0.05) is 9.26 Å². The summed E-state index contributed by atoms with van der Waals surface area (Å²) in [5.74, 6) is -1.04. The first-order valence-corrected chi connectivity index (χ1v) is 13.9. The summed E-state index contributed by atoms with van der Waals surface area (Å²) in [5.41, 5.74) is 2.61. The molecule has 0 aliphatic carbocycles. The van der Waals surface area contributed by atoms with Gasteiger partial charge in [-0.3, -0.25) is 4.90 Å². The van der Waals surface area contributed by atoms with Crippen LogP contribution in [0.25, 0.3) is 11.1 Å². The number of rotatable bonds is 6. The molecule has 1 fully saturated rings. The molecule has 1 N–H and O–H groups in total. The summed E-state index contributed by atoms with van der Waals surface area (Å²) in [5, 5.41) is 9.66. The van der Waals surface area contributed by atoms with Crippen molar-refractivity contribution in [3.05, 3.63) is 118 Å². The standard InChI is InChI=1S/C28H21IN2O5S/c29-24-15-6-7-16-26(24)37(35,36)30-18-25(31(28(30)34)21-11-2-1-3-12-21)20-10-8-9-19(17-20)22-13-4-5-14-23(22)27(32)33/h1-17,25H,18H2,(H,32,33). The Bertz CT molecular complexity index is 1610. The molecule has 186 valence electrons. The molecule has 9 heteroatoms. The summed E-state index contributed by atoms with van der Waals surface area (Å²) in [6, 6.07) is 28.1. The largest absolute Gasteiger partial charge is 0.478 e. The number of carbonyl (C=O) groups excluding carboxylic acids is 1. The fourth-order valence-electron chi connectivity index (χ4n) is 4.51. The normalized spacial score (nSPS) is 15.7. The van der Waals surface area contributed by atoms with Crippen LogP contribution in [0.3, 0.4) is 0 Å². The first kappa shape index (κ1) is 25.0. The van der Waals surface area contributed by atoms with Gasteiger partial charge in [-0.15, -0.1) is 0 Å². The van der Waals surface area contributed by atoms with E-state index in [1.54, 1.807) is 72.8 Å². The number of sulfonamides is 1. The van der Waals surface area contributed by atoms with Gasteiger partial charge in [0.05, 0.1) is 18.2 Å². The smallest absolute Gasteiger partial charge is 0.339 e. The van der Waals surface area contributed by atoms with Gasteiger partial charge in [0.15, 0.2) is 0 Å². The van der Waals surface area contributed by atoms with E-state index in [1.807, 2.05) is 40.8 Å². The Morgan fingerprint density at radius 1 is 0.865 bits per heavy atom. The lowest BCUT2D eigenvalue weighted by molar-refractivity contribution is 0.0697. The van der Waals surface area contributed by atoms with Crippen LogP contribution in [0, 0.1) is 3.57 Å². The van der Waals surface area contributed by atoms with E-state index in [-0.39, 0.29) is 17.0 Å². The van der Waals surface area contributed by atoms with Crippen molar-refractivity contribution in [3.8, 4) is 11.1 Å². The number of hydrogen-bond donors (Lipinski definition) is 1. The van der Waals surface area contributed by atoms with E-state index >= 15 is 0 Å². The van der Waals surface area contributed by atoms with Crippen LogP contribution in [0.15, 0.2) is 108 Å². The number of urea groups is 1. The van der Waals surface area contributed by atoms with Crippen LogP contribution >= 0.6 is 22.6 Å². The topological polar surface area (TPSA) is 95.0 Å². The number of benzene rings is 4. The van der Waals surface area contributed by atoms with E-state index in [9.17, 15) is 23.1 Å². The lowest BCUT2D eigenvalue weighted by Gasteiger charge is -2.24. The van der Waals surface area contributed by atoms with Crippen LogP contribution in [0.5, 0.6) is 0 Å². The molecular formula is C28H21IN2O5S. The quantitative estimate of drug-likeness (QED) is 0.265. The lowest BCUT2D eigenvalue weighted by atomic mass is 9.96. The highest BCUT2D eigenvalue weighted by Gasteiger charge is 2.45. The molecule has 1 saturated heterocycles. The zero-order valence-electron chi connectivity index (χ0n) is 19.4. The van der Waals surface area contributed by atoms with Crippen LogP contribution in [0.2, 0.25) is 0 Å². The third-order valence-corrected chi connectivity index (χ3v) is 9.35. The molecule has 0 radical (unpaired) electrons. The van der Waals surface area contributed by atoms with E-state index in [0.29, 0.717) is 25.9 Å². The summed E-state index contributed by atoms with van der Waals surface area (Å²) < 4.78 is 28.7. The number of carboxylic acids is 1. The second-order valence-electron chi connectivity index (χ2n) is 8.45. The van der Waals surface area contributed by atoms with E-state index in [0.717, 1.165) is 4.31 Å². The van der Waals surface area contributed by atoms with Gasteiger partial charge >= 0.3 is 12.0 Å². The Hall–Kier alpha value is -3.70. The molecule has 1 aliphatic rings. The van der Waals surface area contributed by atoms with Gasteiger partial charge < -0.3 is 5.11 Å².